The van der Waals surface area contributed by atoms with E-state index in [1.165, 1.54) is 12.1 Å². The number of pyridine rings is 1. The summed E-state index contributed by atoms with van der Waals surface area (Å²) >= 11 is 6.31. The molecule has 0 saturated carbocycles. The van der Waals surface area contributed by atoms with Gasteiger partial charge in [-0.1, -0.05) is 23.7 Å². The highest BCUT2D eigenvalue weighted by atomic mass is 35.5. The third-order valence-corrected chi connectivity index (χ3v) is 5.66. The second-order valence-electron chi connectivity index (χ2n) is 7.74. The van der Waals surface area contributed by atoms with Gasteiger partial charge < -0.3 is 20.7 Å². The van der Waals surface area contributed by atoms with E-state index in [-0.39, 0.29) is 12.1 Å². The highest BCUT2D eigenvalue weighted by Crippen LogP contribution is 2.32. The van der Waals surface area contributed by atoms with E-state index in [1.54, 1.807) is 24.3 Å². The quantitative estimate of drug-likeness (QED) is 0.494. The summed E-state index contributed by atoms with van der Waals surface area (Å²) in [5.41, 5.74) is 7.68. The largest absolute Gasteiger partial charge is 0.416 e. The topological polar surface area (TPSA) is 80.5 Å². The Balaban J connectivity index is 1.64. The summed E-state index contributed by atoms with van der Waals surface area (Å²) in [6.07, 6.45) is -4.54. The molecule has 34 heavy (non-hydrogen) atoms. The van der Waals surface area contributed by atoms with Crippen LogP contribution in [0.5, 0.6) is 0 Å². The van der Waals surface area contributed by atoms with Crippen LogP contribution in [0.3, 0.4) is 0 Å². The second kappa shape index (κ2) is 10.0. The SMILES string of the molecule is NCc1ccc(NC(=O)c2cccc(C(F)(F)F)c2)cc1-c1cc(Cl)nc(N2CCOCC2)c1. The fourth-order valence-corrected chi connectivity index (χ4v) is 3.94. The minimum Gasteiger partial charge on any atom is -0.378 e. The van der Waals surface area contributed by atoms with Crippen molar-refractivity contribution < 1.29 is 22.7 Å². The van der Waals surface area contributed by atoms with Crippen LogP contribution in [-0.4, -0.2) is 37.2 Å². The van der Waals surface area contributed by atoms with Gasteiger partial charge in [0.15, 0.2) is 0 Å². The van der Waals surface area contributed by atoms with Crippen molar-refractivity contribution in [3.8, 4) is 11.1 Å². The number of amides is 1. The van der Waals surface area contributed by atoms with Gasteiger partial charge in [-0.05, 0) is 59.2 Å². The Morgan fingerprint density at radius 1 is 1.12 bits per heavy atom. The van der Waals surface area contributed by atoms with Crippen molar-refractivity contribution in [1.29, 1.82) is 0 Å². The molecule has 1 aliphatic rings. The number of morpholine rings is 1. The molecule has 0 atom stereocenters. The van der Waals surface area contributed by atoms with Crippen molar-refractivity contribution in [2.45, 2.75) is 12.7 Å². The van der Waals surface area contributed by atoms with Crippen LogP contribution in [0.25, 0.3) is 11.1 Å². The fraction of sp³-hybridized carbons (Fsp3) is 0.250. The number of nitrogens with one attached hydrogen (secondary N) is 1. The number of nitrogens with two attached hydrogens (primary N) is 1. The summed E-state index contributed by atoms with van der Waals surface area (Å²) in [5.74, 6) is 0.0477. The average molecular weight is 491 g/mol. The highest BCUT2D eigenvalue weighted by Gasteiger charge is 2.31. The van der Waals surface area contributed by atoms with E-state index >= 15 is 0 Å². The Morgan fingerprint density at radius 3 is 2.59 bits per heavy atom. The molecule has 1 saturated heterocycles. The lowest BCUT2D eigenvalue weighted by Gasteiger charge is -2.28. The monoisotopic (exact) mass is 490 g/mol. The number of benzene rings is 2. The fourth-order valence-electron chi connectivity index (χ4n) is 3.73. The molecular weight excluding hydrogens is 469 g/mol. The van der Waals surface area contributed by atoms with Crippen LogP contribution in [0.2, 0.25) is 5.15 Å². The number of ether oxygens (including phenoxy) is 1. The van der Waals surface area contributed by atoms with Crippen LogP contribution in [0.4, 0.5) is 24.7 Å². The van der Waals surface area contributed by atoms with E-state index in [0.29, 0.717) is 43.0 Å². The molecule has 2 heterocycles. The zero-order valence-electron chi connectivity index (χ0n) is 18.0. The molecule has 1 fully saturated rings. The third kappa shape index (κ3) is 5.49. The Morgan fingerprint density at radius 2 is 1.88 bits per heavy atom. The number of carbonyl (C=O) groups excluding carboxylic acids is 1. The number of aromatic nitrogens is 1. The molecule has 3 N–H and O–H groups in total. The molecule has 1 aromatic heterocycles. The maximum Gasteiger partial charge on any atom is 0.416 e. The summed E-state index contributed by atoms with van der Waals surface area (Å²) in [7, 11) is 0. The van der Waals surface area contributed by atoms with Gasteiger partial charge in [0.05, 0.1) is 18.8 Å². The third-order valence-electron chi connectivity index (χ3n) is 5.47. The Hall–Kier alpha value is -3.14. The van der Waals surface area contributed by atoms with Crippen molar-refractivity contribution in [2.24, 2.45) is 5.73 Å². The van der Waals surface area contributed by atoms with Gasteiger partial charge >= 0.3 is 6.18 Å². The lowest BCUT2D eigenvalue weighted by Crippen LogP contribution is -2.36. The van der Waals surface area contributed by atoms with E-state index in [1.807, 2.05) is 6.07 Å². The molecule has 1 aliphatic heterocycles. The Kier molecular flexibility index (Phi) is 7.06. The number of rotatable bonds is 5. The molecule has 178 valence electrons. The van der Waals surface area contributed by atoms with E-state index in [9.17, 15) is 18.0 Å². The molecule has 0 spiro atoms. The van der Waals surface area contributed by atoms with Gasteiger partial charge in [-0.15, -0.1) is 0 Å². The molecule has 2 aromatic carbocycles. The molecule has 0 bridgehead atoms. The average Bonchev–Trinajstić information content (AvgIpc) is 2.83. The zero-order valence-corrected chi connectivity index (χ0v) is 18.8. The molecule has 3 aromatic rings. The number of nitrogens with zero attached hydrogens (tertiary/aromatic N) is 2. The molecular formula is C24H22ClF3N4O2. The van der Waals surface area contributed by atoms with Crippen molar-refractivity contribution in [3.05, 3.63) is 76.4 Å². The molecule has 4 rings (SSSR count). The lowest BCUT2D eigenvalue weighted by molar-refractivity contribution is -0.137. The van der Waals surface area contributed by atoms with Gasteiger partial charge in [-0.2, -0.15) is 13.2 Å². The van der Waals surface area contributed by atoms with Crippen molar-refractivity contribution in [1.82, 2.24) is 4.98 Å². The minimum absolute atomic E-state index is 0.0964. The van der Waals surface area contributed by atoms with E-state index in [4.69, 9.17) is 22.1 Å². The number of anilines is 2. The smallest absolute Gasteiger partial charge is 0.378 e. The van der Waals surface area contributed by atoms with Crippen LogP contribution >= 0.6 is 11.6 Å². The summed E-state index contributed by atoms with van der Waals surface area (Å²) in [6.45, 7) is 2.79. The second-order valence-corrected chi connectivity index (χ2v) is 8.13. The first-order chi connectivity index (χ1) is 16.2. The van der Waals surface area contributed by atoms with Gasteiger partial charge in [0, 0.05) is 30.9 Å². The lowest BCUT2D eigenvalue weighted by atomic mass is 9.99. The first-order valence-electron chi connectivity index (χ1n) is 10.6. The molecule has 0 radical (unpaired) electrons. The van der Waals surface area contributed by atoms with E-state index in [0.717, 1.165) is 28.8 Å². The standard InChI is InChI=1S/C24H22ClF3N4O2/c25-21-11-17(12-22(31-21)32-6-8-34-9-7-32)20-13-19(5-4-16(20)14-29)30-23(33)15-2-1-3-18(10-15)24(26,27)28/h1-5,10-13H,6-9,14,29H2,(H,30,33). The zero-order chi connectivity index (χ0) is 24.3. The van der Waals surface area contributed by atoms with Gasteiger partial charge in [0.2, 0.25) is 0 Å². The van der Waals surface area contributed by atoms with Crippen LogP contribution in [0.15, 0.2) is 54.6 Å². The first-order valence-corrected chi connectivity index (χ1v) is 10.9. The predicted molar refractivity (Wildman–Crippen MR) is 125 cm³/mol. The van der Waals surface area contributed by atoms with Gasteiger partial charge in [-0.3, -0.25) is 4.79 Å². The van der Waals surface area contributed by atoms with Crippen molar-refractivity contribution in [2.75, 3.05) is 36.5 Å². The molecule has 6 nitrogen and oxygen atoms in total. The summed E-state index contributed by atoms with van der Waals surface area (Å²) in [6, 6.07) is 13.0. The predicted octanol–water partition coefficient (Wildman–Crippen LogP) is 4.97. The number of hydrogen-bond acceptors (Lipinski definition) is 5. The molecule has 10 heteroatoms. The van der Waals surface area contributed by atoms with Crippen LogP contribution < -0.4 is 16.0 Å². The van der Waals surface area contributed by atoms with Gasteiger partial charge in [-0.25, -0.2) is 4.98 Å². The summed E-state index contributed by atoms with van der Waals surface area (Å²) in [5, 5.41) is 2.97. The first kappa shape index (κ1) is 24.0. The van der Waals surface area contributed by atoms with Crippen LogP contribution in [-0.2, 0) is 17.5 Å². The maximum absolute atomic E-state index is 13.0. The summed E-state index contributed by atoms with van der Waals surface area (Å²) in [4.78, 5) is 19.1. The Labute approximate surface area is 199 Å². The maximum atomic E-state index is 13.0. The van der Waals surface area contributed by atoms with Gasteiger partial charge in [0.25, 0.3) is 5.91 Å². The number of hydrogen-bond donors (Lipinski definition) is 2. The normalized spacial score (nSPS) is 14.2. The minimum atomic E-state index is -4.54. The van der Waals surface area contributed by atoms with Gasteiger partial charge in [0.1, 0.15) is 11.0 Å². The number of carbonyl (C=O) groups is 1. The number of alkyl halides is 3. The summed E-state index contributed by atoms with van der Waals surface area (Å²) < 4.78 is 44.4. The van der Waals surface area contributed by atoms with Crippen LogP contribution in [0.1, 0.15) is 21.5 Å². The van der Waals surface area contributed by atoms with Crippen LogP contribution in [0, 0.1) is 0 Å². The van der Waals surface area contributed by atoms with E-state index < -0.39 is 17.6 Å². The van der Waals surface area contributed by atoms with Crippen molar-refractivity contribution >= 4 is 29.0 Å². The molecule has 0 aliphatic carbocycles. The number of halogens is 4. The Bertz CT molecular complexity index is 1200. The molecule has 1 amide bonds. The highest BCUT2D eigenvalue weighted by molar-refractivity contribution is 6.29. The van der Waals surface area contributed by atoms with E-state index in [2.05, 4.69) is 15.2 Å². The molecule has 0 unspecified atom stereocenters. The van der Waals surface area contributed by atoms with Crippen molar-refractivity contribution in [3.63, 3.8) is 0 Å².